The molecule has 1 atom stereocenters. The van der Waals surface area contributed by atoms with Crippen LogP contribution in [-0.2, 0) is 6.42 Å². The van der Waals surface area contributed by atoms with Crippen molar-refractivity contribution in [3.63, 3.8) is 0 Å². The molecule has 0 bridgehead atoms. The first-order chi connectivity index (χ1) is 11.7. The maximum Gasteiger partial charge on any atom is 0.139 e. The van der Waals surface area contributed by atoms with E-state index in [2.05, 4.69) is 26.7 Å². The zero-order valence-electron chi connectivity index (χ0n) is 12.9. The Morgan fingerprint density at radius 1 is 1.12 bits per heavy atom. The van der Waals surface area contributed by atoms with Crippen molar-refractivity contribution in [1.29, 1.82) is 0 Å². The van der Waals surface area contributed by atoms with Gasteiger partial charge in [0, 0.05) is 23.4 Å². The summed E-state index contributed by atoms with van der Waals surface area (Å²) in [6.07, 6.45) is 2.32. The Morgan fingerprint density at radius 3 is 2.75 bits per heavy atom. The number of nitrogens with two attached hydrogens (primary N) is 1. The van der Waals surface area contributed by atoms with Crippen LogP contribution in [0.25, 0.3) is 0 Å². The van der Waals surface area contributed by atoms with Gasteiger partial charge < -0.3 is 21.5 Å². The summed E-state index contributed by atoms with van der Waals surface area (Å²) >= 11 is 0. The summed E-state index contributed by atoms with van der Waals surface area (Å²) in [5.74, 6) is 1.83. The van der Waals surface area contributed by atoms with Crippen LogP contribution in [0.3, 0.4) is 0 Å². The SMILES string of the molecule is Nc1cccc(C2Cc3c(Nc4ccc(O)cc4)ncnc3N2)c1. The number of aromatic nitrogens is 2. The van der Waals surface area contributed by atoms with Crippen LogP contribution < -0.4 is 16.4 Å². The molecule has 0 radical (unpaired) electrons. The predicted octanol–water partition coefficient (Wildman–Crippen LogP) is 3.22. The highest BCUT2D eigenvalue weighted by Crippen LogP contribution is 2.37. The average Bonchev–Trinajstić information content (AvgIpc) is 3.02. The molecule has 1 aliphatic rings. The lowest BCUT2D eigenvalue weighted by atomic mass is 10.0. The van der Waals surface area contributed by atoms with E-state index in [9.17, 15) is 5.11 Å². The monoisotopic (exact) mass is 319 g/mol. The molecular weight excluding hydrogens is 302 g/mol. The summed E-state index contributed by atoms with van der Waals surface area (Å²) in [5, 5.41) is 16.1. The summed E-state index contributed by atoms with van der Waals surface area (Å²) in [6, 6.07) is 14.9. The number of phenols is 1. The number of benzene rings is 2. The Balaban J connectivity index is 1.61. The second-order valence-corrected chi connectivity index (χ2v) is 5.79. The Bertz CT molecular complexity index is 879. The summed E-state index contributed by atoms with van der Waals surface area (Å²) in [6.45, 7) is 0. The van der Waals surface area contributed by atoms with Crippen LogP contribution in [0.15, 0.2) is 54.9 Å². The van der Waals surface area contributed by atoms with Gasteiger partial charge in [0.1, 0.15) is 23.7 Å². The molecule has 1 unspecified atom stereocenters. The van der Waals surface area contributed by atoms with Crippen molar-refractivity contribution in [2.24, 2.45) is 0 Å². The number of hydrogen-bond donors (Lipinski definition) is 4. The molecule has 120 valence electrons. The van der Waals surface area contributed by atoms with Gasteiger partial charge in [0.05, 0.1) is 6.04 Å². The number of hydrogen-bond acceptors (Lipinski definition) is 6. The molecule has 6 heteroatoms. The fraction of sp³-hybridized carbons (Fsp3) is 0.111. The van der Waals surface area contributed by atoms with Crippen LogP contribution in [0.5, 0.6) is 5.75 Å². The standard InChI is InChI=1S/C18H17N5O/c19-12-3-1-2-11(8-12)16-9-15-17(20-10-21-18(15)23-16)22-13-4-6-14(24)7-5-13/h1-8,10,16,24H,9,19H2,(H2,20,21,22,23). The van der Waals surface area contributed by atoms with Gasteiger partial charge >= 0.3 is 0 Å². The van der Waals surface area contributed by atoms with Crippen LogP contribution in [0.2, 0.25) is 0 Å². The van der Waals surface area contributed by atoms with Gasteiger partial charge in [-0.2, -0.15) is 0 Å². The molecular formula is C18H17N5O. The molecule has 1 aromatic heterocycles. The highest BCUT2D eigenvalue weighted by atomic mass is 16.3. The van der Waals surface area contributed by atoms with E-state index in [4.69, 9.17) is 5.73 Å². The highest BCUT2D eigenvalue weighted by molar-refractivity contribution is 5.68. The molecule has 0 amide bonds. The third kappa shape index (κ3) is 2.69. The normalized spacial score (nSPS) is 15.6. The van der Waals surface area contributed by atoms with E-state index < -0.39 is 0 Å². The highest BCUT2D eigenvalue weighted by Gasteiger charge is 2.26. The van der Waals surface area contributed by atoms with Crippen molar-refractivity contribution >= 4 is 23.0 Å². The lowest BCUT2D eigenvalue weighted by molar-refractivity contribution is 0.475. The number of anilines is 4. The predicted molar refractivity (Wildman–Crippen MR) is 94.3 cm³/mol. The topological polar surface area (TPSA) is 96.1 Å². The van der Waals surface area contributed by atoms with Crippen molar-refractivity contribution in [2.45, 2.75) is 12.5 Å². The Hall–Kier alpha value is -3.28. The zero-order chi connectivity index (χ0) is 16.5. The van der Waals surface area contributed by atoms with E-state index >= 15 is 0 Å². The largest absolute Gasteiger partial charge is 0.508 e. The fourth-order valence-corrected chi connectivity index (χ4v) is 2.92. The van der Waals surface area contributed by atoms with E-state index in [1.807, 2.05) is 30.3 Å². The van der Waals surface area contributed by atoms with Gasteiger partial charge in [0.15, 0.2) is 0 Å². The molecule has 0 aliphatic carbocycles. The lowest BCUT2D eigenvalue weighted by Crippen LogP contribution is -2.06. The van der Waals surface area contributed by atoms with E-state index in [0.29, 0.717) is 0 Å². The van der Waals surface area contributed by atoms with Crippen molar-refractivity contribution in [2.75, 3.05) is 16.4 Å². The maximum absolute atomic E-state index is 9.39. The van der Waals surface area contributed by atoms with Gasteiger partial charge in [-0.05, 0) is 42.0 Å². The lowest BCUT2D eigenvalue weighted by Gasteiger charge is -2.11. The van der Waals surface area contributed by atoms with Crippen LogP contribution in [0, 0.1) is 0 Å². The number of rotatable bonds is 3. The minimum Gasteiger partial charge on any atom is -0.508 e. The molecule has 2 aromatic carbocycles. The van der Waals surface area contributed by atoms with Crippen molar-refractivity contribution in [3.8, 4) is 5.75 Å². The van der Waals surface area contributed by atoms with Gasteiger partial charge in [-0.3, -0.25) is 0 Å². The van der Waals surface area contributed by atoms with E-state index in [-0.39, 0.29) is 11.8 Å². The molecule has 0 spiro atoms. The van der Waals surface area contributed by atoms with Gasteiger partial charge in [-0.15, -0.1) is 0 Å². The number of fused-ring (bicyclic) bond motifs is 1. The van der Waals surface area contributed by atoms with Crippen molar-refractivity contribution in [3.05, 3.63) is 66.0 Å². The number of nitrogen functional groups attached to an aromatic ring is 1. The second kappa shape index (κ2) is 5.73. The molecule has 0 saturated carbocycles. The third-order valence-electron chi connectivity index (χ3n) is 4.11. The smallest absolute Gasteiger partial charge is 0.139 e. The summed E-state index contributed by atoms with van der Waals surface area (Å²) in [4.78, 5) is 8.70. The van der Waals surface area contributed by atoms with Gasteiger partial charge in [-0.1, -0.05) is 12.1 Å². The first kappa shape index (κ1) is 14.3. The zero-order valence-corrected chi connectivity index (χ0v) is 12.9. The first-order valence-electron chi connectivity index (χ1n) is 7.71. The van der Waals surface area contributed by atoms with E-state index in [1.54, 1.807) is 12.1 Å². The quantitative estimate of drug-likeness (QED) is 0.437. The van der Waals surface area contributed by atoms with Crippen LogP contribution >= 0.6 is 0 Å². The number of phenolic OH excluding ortho intramolecular Hbond substituents is 1. The second-order valence-electron chi connectivity index (χ2n) is 5.79. The molecule has 0 saturated heterocycles. The molecule has 1 aliphatic heterocycles. The number of nitrogens with zero attached hydrogens (tertiary/aromatic N) is 2. The van der Waals surface area contributed by atoms with Crippen LogP contribution in [0.4, 0.5) is 23.0 Å². The van der Waals surface area contributed by atoms with Gasteiger partial charge in [0.2, 0.25) is 0 Å². The minimum absolute atomic E-state index is 0.126. The van der Waals surface area contributed by atoms with E-state index in [0.717, 1.165) is 40.6 Å². The minimum atomic E-state index is 0.126. The van der Waals surface area contributed by atoms with Gasteiger partial charge in [0.25, 0.3) is 0 Å². The Labute approximate surface area is 139 Å². The van der Waals surface area contributed by atoms with Crippen molar-refractivity contribution in [1.82, 2.24) is 9.97 Å². The molecule has 0 fully saturated rings. The molecule has 4 rings (SSSR count). The van der Waals surface area contributed by atoms with E-state index in [1.165, 1.54) is 6.33 Å². The molecule has 24 heavy (non-hydrogen) atoms. The van der Waals surface area contributed by atoms with Crippen LogP contribution in [0.1, 0.15) is 17.2 Å². The van der Waals surface area contributed by atoms with Crippen molar-refractivity contribution < 1.29 is 5.11 Å². The summed E-state index contributed by atoms with van der Waals surface area (Å²) in [7, 11) is 0. The molecule has 3 aromatic rings. The summed E-state index contributed by atoms with van der Waals surface area (Å²) < 4.78 is 0. The number of nitrogens with one attached hydrogen (secondary N) is 2. The fourth-order valence-electron chi connectivity index (χ4n) is 2.92. The molecule has 2 heterocycles. The summed E-state index contributed by atoms with van der Waals surface area (Å²) in [5.41, 5.74) is 9.67. The molecule has 5 N–H and O–H groups in total. The Morgan fingerprint density at radius 2 is 1.96 bits per heavy atom. The maximum atomic E-state index is 9.39. The average molecular weight is 319 g/mol. The van der Waals surface area contributed by atoms with Crippen LogP contribution in [-0.4, -0.2) is 15.1 Å². The third-order valence-corrected chi connectivity index (χ3v) is 4.11. The number of aromatic hydroxyl groups is 1. The van der Waals surface area contributed by atoms with Gasteiger partial charge in [-0.25, -0.2) is 9.97 Å². The molecule has 6 nitrogen and oxygen atoms in total. The Kier molecular flexibility index (Phi) is 3.42. The first-order valence-corrected chi connectivity index (χ1v) is 7.71.